The van der Waals surface area contributed by atoms with Crippen molar-refractivity contribution in [2.45, 2.75) is 19.6 Å². The lowest BCUT2D eigenvalue weighted by molar-refractivity contribution is 1.59. The third kappa shape index (κ3) is 3.64. The summed E-state index contributed by atoms with van der Waals surface area (Å²) in [7, 11) is -4.12. The van der Waals surface area contributed by atoms with Crippen LogP contribution in [0.1, 0.15) is 0 Å². The van der Waals surface area contributed by atoms with Gasteiger partial charge in [-0.3, -0.25) is 0 Å². The summed E-state index contributed by atoms with van der Waals surface area (Å²) < 4.78 is 5.90. The van der Waals surface area contributed by atoms with Gasteiger partial charge in [0.15, 0.2) is 8.24 Å². The van der Waals surface area contributed by atoms with Gasteiger partial charge in [0.25, 0.3) is 0 Å². The smallest absolute Gasteiger partial charge is 0.171 e. The number of hydrogen-bond acceptors (Lipinski definition) is 1. The van der Waals surface area contributed by atoms with E-state index in [2.05, 4.69) is 135 Å². The van der Waals surface area contributed by atoms with Gasteiger partial charge < -0.3 is 4.41 Å². The van der Waals surface area contributed by atoms with E-state index in [1.54, 1.807) is 0 Å². The second-order valence-electron chi connectivity index (χ2n) is 9.24. The Balaban J connectivity index is 2.11. The summed E-state index contributed by atoms with van der Waals surface area (Å²) in [6.45, 7) is 7.09. The molecule has 0 saturated heterocycles. The van der Waals surface area contributed by atoms with Crippen molar-refractivity contribution in [3.8, 4) is 0 Å². The Bertz CT molecular complexity index is 1350. The van der Waals surface area contributed by atoms with Gasteiger partial charge in [-0.1, -0.05) is 129 Å². The van der Waals surface area contributed by atoms with E-state index >= 15 is 0 Å². The highest BCUT2D eigenvalue weighted by Gasteiger charge is 2.33. The molecule has 0 aliphatic rings. The minimum atomic E-state index is -2.28. The zero-order valence-corrected chi connectivity index (χ0v) is 20.8. The molecule has 0 N–H and O–H groups in total. The first-order valence-corrected chi connectivity index (χ1v) is 16.3. The minimum Gasteiger partial charge on any atom is -0.325 e. The molecule has 0 spiro atoms. The molecule has 5 aromatic rings. The fourth-order valence-electron chi connectivity index (χ4n) is 4.65. The van der Waals surface area contributed by atoms with E-state index in [1.807, 2.05) is 0 Å². The van der Waals surface area contributed by atoms with Gasteiger partial charge in [-0.2, -0.15) is 0 Å². The first-order valence-electron chi connectivity index (χ1n) is 11.1. The van der Waals surface area contributed by atoms with E-state index < -0.39 is 15.3 Å². The Morgan fingerprint density at radius 3 is 1.38 bits per heavy atom. The summed E-state index contributed by atoms with van der Waals surface area (Å²) in [5.74, 6) is 0. The molecular weight excluding hydrogens is 421 g/mol. The highest BCUT2D eigenvalue weighted by Crippen LogP contribution is 2.51. The molecule has 158 valence electrons. The van der Waals surface area contributed by atoms with Gasteiger partial charge in [0.2, 0.25) is 0 Å². The third-order valence-electron chi connectivity index (χ3n) is 5.78. The summed E-state index contributed by atoms with van der Waals surface area (Å²) in [5, 5.41) is 9.24. The highest BCUT2D eigenvalue weighted by atomic mass is 31.2. The van der Waals surface area contributed by atoms with Crippen molar-refractivity contribution >= 4 is 52.7 Å². The van der Waals surface area contributed by atoms with Crippen molar-refractivity contribution in [3.63, 3.8) is 0 Å². The molecule has 5 rings (SSSR count). The van der Waals surface area contributed by atoms with Gasteiger partial charge in [-0.05, 0) is 38.2 Å². The zero-order chi connectivity index (χ0) is 22.2. The average Bonchev–Trinajstić information content (AvgIpc) is 2.82. The molecular formula is C29H28NPSi. The van der Waals surface area contributed by atoms with Crippen molar-refractivity contribution < 1.29 is 0 Å². The predicted octanol–water partition coefficient (Wildman–Crippen LogP) is 7.31. The van der Waals surface area contributed by atoms with Gasteiger partial charge in [-0.25, -0.2) is 0 Å². The van der Waals surface area contributed by atoms with E-state index in [4.69, 9.17) is 4.41 Å². The number of rotatable bonds is 4. The molecule has 0 unspecified atom stereocenters. The number of nitrogens with zero attached hydrogens (tertiary/aromatic N) is 1. The van der Waals surface area contributed by atoms with Crippen LogP contribution in [0, 0.1) is 0 Å². The van der Waals surface area contributed by atoms with E-state index in [1.165, 1.54) is 37.5 Å². The van der Waals surface area contributed by atoms with Crippen LogP contribution in [0.2, 0.25) is 19.6 Å². The summed E-state index contributed by atoms with van der Waals surface area (Å²) in [5.41, 5.74) is 0. The van der Waals surface area contributed by atoms with Crippen LogP contribution in [0.4, 0.5) is 0 Å². The molecule has 3 heteroatoms. The summed E-state index contributed by atoms with van der Waals surface area (Å²) in [4.78, 5) is 0. The van der Waals surface area contributed by atoms with E-state index in [0.717, 1.165) is 0 Å². The molecule has 0 heterocycles. The van der Waals surface area contributed by atoms with Crippen LogP contribution < -0.4 is 15.9 Å². The maximum atomic E-state index is 5.90. The molecule has 0 aromatic heterocycles. The molecule has 0 bridgehead atoms. The van der Waals surface area contributed by atoms with Gasteiger partial charge in [0, 0.05) is 12.4 Å². The van der Waals surface area contributed by atoms with Crippen molar-refractivity contribution in [1.29, 1.82) is 0 Å². The normalized spacial score (nSPS) is 12.2. The molecule has 0 amide bonds. The average molecular weight is 450 g/mol. The van der Waals surface area contributed by atoms with Crippen molar-refractivity contribution in [3.05, 3.63) is 115 Å². The Labute approximate surface area is 191 Å². The third-order valence-corrected chi connectivity index (χ3v) is 12.6. The SMILES string of the molecule is C[Si](C)(C)N=P(c1ccccc1)(c1ccccc1)c1c2ccccc2cc2ccccc12. The first kappa shape index (κ1) is 20.9. The summed E-state index contributed by atoms with van der Waals surface area (Å²) in [6, 6.07) is 42.1. The first-order chi connectivity index (χ1) is 15.5. The Kier molecular flexibility index (Phi) is 5.37. The predicted molar refractivity (Wildman–Crippen MR) is 146 cm³/mol. The molecule has 0 saturated carbocycles. The van der Waals surface area contributed by atoms with Crippen LogP contribution in [0.5, 0.6) is 0 Å². The van der Waals surface area contributed by atoms with Crippen molar-refractivity contribution in [2.24, 2.45) is 4.41 Å². The van der Waals surface area contributed by atoms with Crippen LogP contribution in [-0.2, 0) is 0 Å². The van der Waals surface area contributed by atoms with Gasteiger partial charge in [0.1, 0.15) is 0 Å². The molecule has 0 aliphatic heterocycles. The van der Waals surface area contributed by atoms with Crippen LogP contribution in [-0.4, -0.2) is 8.24 Å². The fourth-order valence-corrected chi connectivity index (χ4v) is 12.7. The monoisotopic (exact) mass is 449 g/mol. The standard InChI is InChI=1S/C29H28NPSi/c1-32(2,3)30-31(25-16-6-4-7-17-25,26-18-8-5-9-19-26)29-27-20-12-10-14-23(27)22-24-15-11-13-21-28(24)29/h4-22H,1-3H3. The van der Waals surface area contributed by atoms with E-state index in [0.29, 0.717) is 0 Å². The molecule has 1 nitrogen and oxygen atoms in total. The second kappa shape index (κ2) is 8.20. The van der Waals surface area contributed by atoms with Gasteiger partial charge >= 0.3 is 0 Å². The van der Waals surface area contributed by atoms with E-state index in [9.17, 15) is 0 Å². The molecule has 0 fully saturated rings. The summed E-state index contributed by atoms with van der Waals surface area (Å²) in [6.07, 6.45) is 0. The molecule has 32 heavy (non-hydrogen) atoms. The highest BCUT2D eigenvalue weighted by molar-refractivity contribution is 7.88. The van der Waals surface area contributed by atoms with Crippen LogP contribution in [0.15, 0.2) is 120 Å². The Morgan fingerprint density at radius 2 is 0.938 bits per heavy atom. The zero-order valence-electron chi connectivity index (χ0n) is 18.9. The van der Waals surface area contributed by atoms with Crippen LogP contribution >= 0.6 is 7.05 Å². The number of hydrogen-bond donors (Lipinski definition) is 0. The fraction of sp³-hybridized carbons (Fsp3) is 0.103. The van der Waals surface area contributed by atoms with Crippen LogP contribution in [0.3, 0.4) is 0 Å². The van der Waals surface area contributed by atoms with Gasteiger partial charge in [0.05, 0.1) is 0 Å². The second-order valence-corrected chi connectivity index (χ2v) is 17.1. The lowest BCUT2D eigenvalue weighted by atomic mass is 10.0. The largest absolute Gasteiger partial charge is 0.325 e. The van der Waals surface area contributed by atoms with Crippen molar-refractivity contribution in [2.75, 3.05) is 0 Å². The van der Waals surface area contributed by atoms with Crippen LogP contribution in [0.25, 0.3) is 21.5 Å². The molecule has 0 aliphatic carbocycles. The van der Waals surface area contributed by atoms with Crippen molar-refractivity contribution in [1.82, 2.24) is 0 Å². The maximum Gasteiger partial charge on any atom is 0.171 e. The Hall–Kier alpha value is -2.93. The van der Waals surface area contributed by atoms with Gasteiger partial charge in [-0.15, -0.1) is 0 Å². The lowest BCUT2D eigenvalue weighted by Crippen LogP contribution is -2.30. The maximum absolute atomic E-state index is 5.90. The number of fused-ring (bicyclic) bond motifs is 2. The Morgan fingerprint density at radius 1 is 0.531 bits per heavy atom. The molecule has 0 radical (unpaired) electrons. The lowest BCUT2D eigenvalue weighted by Gasteiger charge is -2.32. The minimum absolute atomic E-state index is 1.28. The quantitative estimate of drug-likeness (QED) is 0.155. The molecule has 0 atom stereocenters. The number of benzene rings is 5. The topological polar surface area (TPSA) is 12.4 Å². The van der Waals surface area contributed by atoms with E-state index in [-0.39, 0.29) is 0 Å². The molecule has 5 aromatic carbocycles. The summed E-state index contributed by atoms with van der Waals surface area (Å²) >= 11 is 0.